The molecule has 0 aromatic heterocycles. The summed E-state index contributed by atoms with van der Waals surface area (Å²) in [5.74, 6) is 0. The Balaban J connectivity index is 2.05. The lowest BCUT2D eigenvalue weighted by atomic mass is 10.2. The summed E-state index contributed by atoms with van der Waals surface area (Å²) >= 11 is 11.8. The van der Waals surface area contributed by atoms with Gasteiger partial charge in [-0.25, -0.2) is 13.1 Å². The van der Waals surface area contributed by atoms with Gasteiger partial charge in [0.25, 0.3) is 0 Å². The average molecular weight is 345 g/mol. The number of nitrogen functional groups attached to an aromatic ring is 1. The molecule has 0 heterocycles. The van der Waals surface area contributed by atoms with E-state index >= 15 is 0 Å². The lowest BCUT2D eigenvalue weighted by Crippen LogP contribution is -2.26. The van der Waals surface area contributed by atoms with Crippen LogP contribution in [0.4, 0.5) is 5.69 Å². The van der Waals surface area contributed by atoms with Gasteiger partial charge in [0, 0.05) is 17.3 Å². The number of hydrogen-bond acceptors (Lipinski definition) is 3. The zero-order chi connectivity index (χ0) is 15.5. The van der Waals surface area contributed by atoms with Crippen molar-refractivity contribution in [1.29, 1.82) is 0 Å². The molecule has 0 bridgehead atoms. The van der Waals surface area contributed by atoms with Gasteiger partial charge in [0.2, 0.25) is 10.0 Å². The van der Waals surface area contributed by atoms with E-state index in [2.05, 4.69) is 4.72 Å². The van der Waals surface area contributed by atoms with Crippen LogP contribution in [0, 0.1) is 0 Å². The number of anilines is 1. The topological polar surface area (TPSA) is 72.2 Å². The van der Waals surface area contributed by atoms with Crippen LogP contribution < -0.4 is 10.5 Å². The first-order valence-corrected chi connectivity index (χ1v) is 8.41. The molecule has 0 aliphatic carbocycles. The van der Waals surface area contributed by atoms with Gasteiger partial charge in [-0.1, -0.05) is 35.3 Å². The maximum absolute atomic E-state index is 12.2. The van der Waals surface area contributed by atoms with Crippen LogP contribution in [0.2, 0.25) is 10.0 Å². The van der Waals surface area contributed by atoms with Crippen molar-refractivity contribution in [2.75, 3.05) is 12.3 Å². The van der Waals surface area contributed by atoms with Crippen LogP contribution in [0.25, 0.3) is 0 Å². The molecule has 0 radical (unpaired) electrons. The first kappa shape index (κ1) is 16.1. The van der Waals surface area contributed by atoms with E-state index in [4.69, 9.17) is 28.9 Å². The number of nitrogens with one attached hydrogen (secondary N) is 1. The molecule has 2 aromatic rings. The molecule has 3 N–H and O–H groups in total. The molecule has 2 aromatic carbocycles. The van der Waals surface area contributed by atoms with E-state index in [-0.39, 0.29) is 16.5 Å². The molecule has 7 heteroatoms. The fourth-order valence-electron chi connectivity index (χ4n) is 1.83. The molecule has 4 nitrogen and oxygen atoms in total. The van der Waals surface area contributed by atoms with Crippen molar-refractivity contribution >= 4 is 38.9 Å². The lowest BCUT2D eigenvalue weighted by molar-refractivity contribution is 0.582. The minimum Gasteiger partial charge on any atom is -0.399 e. The third kappa shape index (κ3) is 4.35. The summed E-state index contributed by atoms with van der Waals surface area (Å²) in [4.78, 5) is 0.0180. The maximum Gasteiger partial charge on any atom is 0.242 e. The zero-order valence-corrected chi connectivity index (χ0v) is 13.3. The number of sulfonamides is 1. The highest BCUT2D eigenvalue weighted by atomic mass is 35.5. The van der Waals surface area contributed by atoms with E-state index in [0.717, 1.165) is 5.56 Å². The molecule has 0 fully saturated rings. The first-order valence-electron chi connectivity index (χ1n) is 6.17. The van der Waals surface area contributed by atoms with E-state index in [1.165, 1.54) is 18.2 Å². The highest BCUT2D eigenvalue weighted by molar-refractivity contribution is 7.89. The van der Waals surface area contributed by atoms with Crippen LogP contribution in [0.1, 0.15) is 5.56 Å². The zero-order valence-electron chi connectivity index (χ0n) is 11.0. The smallest absolute Gasteiger partial charge is 0.242 e. The Morgan fingerprint density at radius 3 is 2.52 bits per heavy atom. The number of rotatable bonds is 5. The van der Waals surface area contributed by atoms with Crippen LogP contribution in [0.5, 0.6) is 0 Å². The first-order chi connectivity index (χ1) is 9.88. The highest BCUT2D eigenvalue weighted by Crippen LogP contribution is 2.23. The molecule has 2 rings (SSSR count). The van der Waals surface area contributed by atoms with Crippen LogP contribution >= 0.6 is 23.2 Å². The molecule has 0 saturated heterocycles. The molecule has 0 aliphatic heterocycles. The number of halogens is 2. The molecule has 0 aliphatic rings. The van der Waals surface area contributed by atoms with Crippen molar-refractivity contribution in [3.05, 3.63) is 58.1 Å². The monoisotopic (exact) mass is 344 g/mol. The van der Waals surface area contributed by atoms with Gasteiger partial charge in [-0.15, -0.1) is 0 Å². The van der Waals surface area contributed by atoms with Gasteiger partial charge >= 0.3 is 0 Å². The number of nitrogens with two attached hydrogens (primary N) is 1. The number of benzene rings is 2. The molecule has 0 amide bonds. The van der Waals surface area contributed by atoms with Gasteiger partial charge in [-0.3, -0.25) is 0 Å². The maximum atomic E-state index is 12.2. The van der Waals surface area contributed by atoms with Crippen molar-refractivity contribution in [3.63, 3.8) is 0 Å². The van der Waals surface area contributed by atoms with Crippen LogP contribution in [-0.2, 0) is 16.4 Å². The quantitative estimate of drug-likeness (QED) is 0.818. The largest absolute Gasteiger partial charge is 0.399 e. The standard InChI is InChI=1S/C14H14Cl2N2O2S/c15-11-3-1-2-10(8-11)6-7-18-21(19,20)14-5-4-12(17)9-13(14)16/h1-5,8-9,18H,6-7,17H2. The Morgan fingerprint density at radius 2 is 1.86 bits per heavy atom. The van der Waals surface area contributed by atoms with E-state index in [1.54, 1.807) is 12.1 Å². The van der Waals surface area contributed by atoms with Gasteiger partial charge in [0.15, 0.2) is 0 Å². The Kier molecular flexibility index (Phi) is 5.11. The summed E-state index contributed by atoms with van der Waals surface area (Å²) in [5.41, 5.74) is 6.92. The van der Waals surface area contributed by atoms with Gasteiger partial charge < -0.3 is 5.73 Å². The van der Waals surface area contributed by atoms with Gasteiger partial charge in [-0.05, 0) is 42.3 Å². The van der Waals surface area contributed by atoms with Crippen molar-refractivity contribution in [2.45, 2.75) is 11.3 Å². The normalized spacial score (nSPS) is 11.5. The van der Waals surface area contributed by atoms with Crippen molar-refractivity contribution in [2.24, 2.45) is 0 Å². The van der Waals surface area contributed by atoms with Crippen LogP contribution in [0.3, 0.4) is 0 Å². The minimum absolute atomic E-state index is 0.0180. The summed E-state index contributed by atoms with van der Waals surface area (Å²) < 4.78 is 26.8. The Labute approximate surface area is 133 Å². The van der Waals surface area contributed by atoms with E-state index < -0.39 is 10.0 Å². The molecule has 112 valence electrons. The third-order valence-electron chi connectivity index (χ3n) is 2.84. The summed E-state index contributed by atoms with van der Waals surface area (Å²) in [6.45, 7) is 0.253. The second kappa shape index (κ2) is 6.66. The Morgan fingerprint density at radius 1 is 1.10 bits per heavy atom. The van der Waals surface area contributed by atoms with Gasteiger partial charge in [-0.2, -0.15) is 0 Å². The van der Waals surface area contributed by atoms with Gasteiger partial charge in [0.05, 0.1) is 5.02 Å². The Bertz CT molecular complexity index is 748. The molecule has 21 heavy (non-hydrogen) atoms. The van der Waals surface area contributed by atoms with E-state index in [0.29, 0.717) is 17.1 Å². The summed E-state index contributed by atoms with van der Waals surface area (Å²) in [5, 5.41) is 0.724. The van der Waals surface area contributed by atoms with Crippen LogP contribution in [-0.4, -0.2) is 15.0 Å². The molecular formula is C14H14Cl2N2O2S. The molecule has 0 spiro atoms. The molecule has 0 unspecified atom stereocenters. The van der Waals surface area contributed by atoms with Gasteiger partial charge in [0.1, 0.15) is 4.90 Å². The van der Waals surface area contributed by atoms with E-state index in [1.807, 2.05) is 12.1 Å². The third-order valence-corrected chi connectivity index (χ3v) is 5.02. The molecule has 0 saturated carbocycles. The SMILES string of the molecule is Nc1ccc(S(=O)(=O)NCCc2cccc(Cl)c2)c(Cl)c1. The molecular weight excluding hydrogens is 331 g/mol. The lowest BCUT2D eigenvalue weighted by Gasteiger charge is -2.09. The fraction of sp³-hybridized carbons (Fsp3) is 0.143. The Hall–Kier alpha value is -1.27. The van der Waals surface area contributed by atoms with Crippen molar-refractivity contribution in [1.82, 2.24) is 4.72 Å². The summed E-state index contributed by atoms with van der Waals surface area (Å²) in [7, 11) is -3.66. The summed E-state index contributed by atoms with van der Waals surface area (Å²) in [6.07, 6.45) is 0.534. The van der Waals surface area contributed by atoms with Crippen molar-refractivity contribution < 1.29 is 8.42 Å². The second-order valence-electron chi connectivity index (χ2n) is 4.47. The number of hydrogen-bond donors (Lipinski definition) is 2. The average Bonchev–Trinajstić information content (AvgIpc) is 2.38. The highest BCUT2D eigenvalue weighted by Gasteiger charge is 2.17. The second-order valence-corrected chi connectivity index (χ2v) is 7.05. The minimum atomic E-state index is -3.66. The molecule has 0 atom stereocenters. The predicted molar refractivity (Wildman–Crippen MR) is 86.2 cm³/mol. The van der Waals surface area contributed by atoms with E-state index in [9.17, 15) is 8.42 Å². The summed E-state index contributed by atoms with van der Waals surface area (Å²) in [6, 6.07) is 11.6. The fourth-order valence-corrected chi connectivity index (χ4v) is 3.63. The van der Waals surface area contributed by atoms with Crippen molar-refractivity contribution in [3.8, 4) is 0 Å². The predicted octanol–water partition coefficient (Wildman–Crippen LogP) is 3.10. The van der Waals surface area contributed by atoms with Crippen LogP contribution in [0.15, 0.2) is 47.4 Å².